The van der Waals surface area contributed by atoms with Gasteiger partial charge >= 0.3 is 18.2 Å². The first-order chi connectivity index (χ1) is 9.18. The highest BCUT2D eigenvalue weighted by atomic mass is 19.4. The number of unbranched alkanes of at least 4 members (excludes halogenated alkanes) is 1. The first-order valence-electron chi connectivity index (χ1n) is 5.68. The average molecular weight is 299 g/mol. The monoisotopic (exact) mass is 299 g/mol. The summed E-state index contributed by atoms with van der Waals surface area (Å²) in [5, 5.41) is 0. The predicted octanol–water partition coefficient (Wildman–Crippen LogP) is 0.679. The molecule has 10 heteroatoms. The van der Waals surface area contributed by atoms with Gasteiger partial charge in [-0.1, -0.05) is 13.3 Å². The van der Waals surface area contributed by atoms with Crippen LogP contribution in [-0.4, -0.2) is 21.8 Å². The van der Waals surface area contributed by atoms with Gasteiger partial charge in [0.1, 0.15) is 0 Å². The summed E-state index contributed by atoms with van der Waals surface area (Å²) in [6, 6.07) is 0.695. The number of hydrogen-bond acceptors (Lipinski definition) is 4. The molecular formula is C10H13F4N3O3. The molecule has 0 aliphatic carbocycles. The average Bonchev–Trinajstić information content (AvgIpc) is 2.32. The Bertz CT molecular complexity index is 579. The van der Waals surface area contributed by atoms with Crippen molar-refractivity contribution in [1.29, 1.82) is 0 Å². The van der Waals surface area contributed by atoms with E-state index in [1.807, 2.05) is 0 Å². The molecule has 1 unspecified atom stereocenters. The molecule has 0 bridgehead atoms. The lowest BCUT2D eigenvalue weighted by Crippen LogP contribution is -2.47. The van der Waals surface area contributed by atoms with Crippen LogP contribution in [0.1, 0.15) is 19.8 Å². The molecule has 0 fully saturated rings. The van der Waals surface area contributed by atoms with Crippen molar-refractivity contribution < 1.29 is 22.4 Å². The lowest BCUT2D eigenvalue weighted by molar-refractivity contribution is -0.265. The standard InChI is InChI=1S/C10H13F4N3O3/c1-2-3-4-16-7(18)5-6(15)17(9(16)19)20-8(11)10(12,13)14/h5,8H,2-4,15H2,1H3. The molecule has 1 heterocycles. The molecule has 1 atom stereocenters. The van der Waals surface area contributed by atoms with Gasteiger partial charge in [-0.25, -0.2) is 4.79 Å². The normalized spacial score (nSPS) is 13.2. The summed E-state index contributed by atoms with van der Waals surface area (Å²) in [7, 11) is 0. The van der Waals surface area contributed by atoms with E-state index in [1.165, 1.54) is 0 Å². The van der Waals surface area contributed by atoms with E-state index in [2.05, 4.69) is 4.84 Å². The molecule has 0 aliphatic heterocycles. The van der Waals surface area contributed by atoms with Crippen molar-refractivity contribution in [3.63, 3.8) is 0 Å². The molecule has 0 radical (unpaired) electrons. The first-order valence-corrected chi connectivity index (χ1v) is 5.68. The summed E-state index contributed by atoms with van der Waals surface area (Å²) in [5.74, 6) is -0.709. The highest BCUT2D eigenvalue weighted by molar-refractivity contribution is 5.25. The Morgan fingerprint density at radius 1 is 1.40 bits per heavy atom. The predicted molar refractivity (Wildman–Crippen MR) is 61.8 cm³/mol. The second kappa shape index (κ2) is 5.97. The number of anilines is 1. The third kappa shape index (κ3) is 3.52. The molecular weight excluding hydrogens is 286 g/mol. The maximum Gasteiger partial charge on any atom is 0.459 e. The highest BCUT2D eigenvalue weighted by Gasteiger charge is 2.43. The van der Waals surface area contributed by atoms with E-state index >= 15 is 0 Å². The molecule has 1 aromatic heterocycles. The fourth-order valence-corrected chi connectivity index (χ4v) is 1.36. The number of hydrogen-bond donors (Lipinski definition) is 1. The fourth-order valence-electron chi connectivity index (χ4n) is 1.36. The molecule has 1 aromatic rings. The van der Waals surface area contributed by atoms with Gasteiger partial charge in [-0.3, -0.25) is 9.36 Å². The number of nitrogens with zero attached hydrogens (tertiary/aromatic N) is 2. The van der Waals surface area contributed by atoms with Gasteiger partial charge in [-0.2, -0.15) is 17.6 Å². The Kier molecular flexibility index (Phi) is 4.79. The molecule has 20 heavy (non-hydrogen) atoms. The second-order valence-corrected chi connectivity index (χ2v) is 3.95. The fraction of sp³-hybridized carbons (Fsp3) is 0.600. The molecule has 6 nitrogen and oxygen atoms in total. The van der Waals surface area contributed by atoms with Crippen LogP contribution in [0.15, 0.2) is 15.7 Å². The van der Waals surface area contributed by atoms with E-state index in [4.69, 9.17) is 5.73 Å². The van der Waals surface area contributed by atoms with Gasteiger partial charge in [0.05, 0.1) is 0 Å². The zero-order valence-electron chi connectivity index (χ0n) is 10.5. The van der Waals surface area contributed by atoms with Crippen LogP contribution in [0.5, 0.6) is 0 Å². The van der Waals surface area contributed by atoms with Crippen molar-refractivity contribution in [3.05, 3.63) is 26.9 Å². The Labute approximate surface area is 110 Å². The number of alkyl halides is 4. The minimum atomic E-state index is -5.31. The third-order valence-corrected chi connectivity index (χ3v) is 2.37. The molecule has 0 saturated heterocycles. The highest BCUT2D eigenvalue weighted by Crippen LogP contribution is 2.22. The molecule has 0 spiro atoms. The SMILES string of the molecule is CCCCn1c(=O)cc(N)n(OC(F)C(F)(F)F)c1=O. The van der Waals surface area contributed by atoms with Gasteiger partial charge < -0.3 is 10.6 Å². The molecule has 0 aromatic carbocycles. The number of aromatic nitrogens is 2. The number of nitrogens with two attached hydrogens (primary N) is 1. The summed E-state index contributed by atoms with van der Waals surface area (Å²) >= 11 is 0. The molecule has 0 aliphatic rings. The van der Waals surface area contributed by atoms with Crippen molar-refractivity contribution in [2.24, 2.45) is 0 Å². The zero-order valence-corrected chi connectivity index (χ0v) is 10.5. The summed E-state index contributed by atoms with van der Waals surface area (Å²) in [6.45, 7) is 1.76. The number of rotatable bonds is 5. The largest absolute Gasteiger partial charge is 0.459 e. The summed E-state index contributed by atoms with van der Waals surface area (Å²) in [4.78, 5) is 27.1. The minimum absolute atomic E-state index is 0.0270. The maximum atomic E-state index is 12.8. The van der Waals surface area contributed by atoms with E-state index in [0.717, 1.165) is 0 Å². The Balaban J connectivity index is 3.20. The van der Waals surface area contributed by atoms with Gasteiger partial charge in [0.25, 0.3) is 5.56 Å². The second-order valence-electron chi connectivity index (χ2n) is 3.95. The van der Waals surface area contributed by atoms with Crippen LogP contribution in [0.25, 0.3) is 0 Å². The molecule has 2 N–H and O–H groups in total. The minimum Gasteiger partial charge on any atom is -0.382 e. The van der Waals surface area contributed by atoms with Gasteiger partial charge in [0.15, 0.2) is 5.82 Å². The summed E-state index contributed by atoms with van der Waals surface area (Å²) < 4.78 is 49.5. The van der Waals surface area contributed by atoms with Gasteiger partial charge in [-0.15, -0.1) is 4.73 Å². The first kappa shape index (κ1) is 16.1. The number of halogens is 4. The van der Waals surface area contributed by atoms with E-state index in [9.17, 15) is 27.2 Å². The van der Waals surface area contributed by atoms with E-state index in [1.54, 1.807) is 6.92 Å². The maximum absolute atomic E-state index is 12.8. The lowest BCUT2D eigenvalue weighted by atomic mass is 10.3. The van der Waals surface area contributed by atoms with Crippen LogP contribution in [0.3, 0.4) is 0 Å². The summed E-state index contributed by atoms with van der Waals surface area (Å²) in [6.07, 6.45) is -7.95. The lowest BCUT2D eigenvalue weighted by Gasteiger charge is -2.17. The molecule has 0 saturated carbocycles. The van der Waals surface area contributed by atoms with Crippen LogP contribution >= 0.6 is 0 Å². The van der Waals surface area contributed by atoms with Crippen molar-refractivity contribution in [3.8, 4) is 0 Å². The van der Waals surface area contributed by atoms with Gasteiger partial charge in [0, 0.05) is 12.6 Å². The van der Waals surface area contributed by atoms with E-state index in [0.29, 0.717) is 23.5 Å². The van der Waals surface area contributed by atoms with Crippen LogP contribution in [0.4, 0.5) is 23.4 Å². The summed E-state index contributed by atoms with van der Waals surface area (Å²) in [5.41, 5.74) is 3.16. The van der Waals surface area contributed by atoms with Gasteiger partial charge in [-0.05, 0) is 6.42 Å². The van der Waals surface area contributed by atoms with Crippen LogP contribution in [0, 0.1) is 0 Å². The third-order valence-electron chi connectivity index (χ3n) is 2.37. The molecule has 114 valence electrons. The zero-order chi connectivity index (χ0) is 15.5. The molecule has 0 amide bonds. The van der Waals surface area contributed by atoms with E-state index in [-0.39, 0.29) is 11.3 Å². The van der Waals surface area contributed by atoms with Crippen LogP contribution in [0.2, 0.25) is 0 Å². The quantitative estimate of drug-likeness (QED) is 0.811. The van der Waals surface area contributed by atoms with E-state index < -0.39 is 29.6 Å². The van der Waals surface area contributed by atoms with Crippen LogP contribution in [-0.2, 0) is 6.54 Å². The van der Waals surface area contributed by atoms with Crippen molar-refractivity contribution in [2.45, 2.75) is 38.8 Å². The topological polar surface area (TPSA) is 79.2 Å². The molecule has 1 rings (SSSR count). The Morgan fingerprint density at radius 3 is 2.50 bits per heavy atom. The smallest absolute Gasteiger partial charge is 0.382 e. The van der Waals surface area contributed by atoms with Crippen molar-refractivity contribution in [2.75, 3.05) is 5.73 Å². The van der Waals surface area contributed by atoms with Crippen molar-refractivity contribution >= 4 is 5.82 Å². The number of nitrogen functional groups attached to an aromatic ring is 1. The Hall–Kier alpha value is -2.00. The van der Waals surface area contributed by atoms with Crippen molar-refractivity contribution in [1.82, 2.24) is 9.30 Å². The Morgan fingerprint density at radius 2 is 2.00 bits per heavy atom. The van der Waals surface area contributed by atoms with Crippen LogP contribution < -0.4 is 21.8 Å². The van der Waals surface area contributed by atoms with Gasteiger partial charge in [0.2, 0.25) is 0 Å².